The predicted octanol–water partition coefficient (Wildman–Crippen LogP) is -0.588. The van der Waals surface area contributed by atoms with E-state index < -0.39 is 12.1 Å². The number of carbonyl (C=O) groups is 3. The Kier molecular flexibility index (Phi) is 2.90. The summed E-state index contributed by atoms with van der Waals surface area (Å²) < 4.78 is 0. The van der Waals surface area contributed by atoms with Crippen LogP contribution in [-0.4, -0.2) is 41.9 Å². The van der Waals surface area contributed by atoms with Gasteiger partial charge in [0.05, 0.1) is 5.69 Å². The summed E-state index contributed by atoms with van der Waals surface area (Å²) in [5, 5.41) is 2.60. The van der Waals surface area contributed by atoms with Crippen LogP contribution < -0.4 is 16.0 Å². The number of benzene rings is 1. The summed E-state index contributed by atoms with van der Waals surface area (Å²) in [4.78, 5) is 38.3. The first-order valence-corrected chi connectivity index (χ1v) is 6.32. The van der Waals surface area contributed by atoms with Crippen molar-refractivity contribution in [2.24, 2.45) is 5.73 Å². The third-order valence-electron chi connectivity index (χ3n) is 3.56. The Bertz CT molecular complexity index is 584. The van der Waals surface area contributed by atoms with Gasteiger partial charge in [0.15, 0.2) is 0 Å². The minimum absolute atomic E-state index is 0.0768. The Labute approximate surface area is 115 Å². The number of piperazine rings is 1. The number of nitrogens with two attached hydrogens (primary N) is 1. The van der Waals surface area contributed by atoms with Gasteiger partial charge in [0.25, 0.3) is 5.91 Å². The standard InChI is InChI=1S/C13H14N4O3/c14-5-8-1-3-9(4-2-8)17-12(19)10-6-15-11(18)7-16(10)13(17)20/h1-4,10H,5-7,14H2,(H,15,18). The quantitative estimate of drug-likeness (QED) is 0.705. The lowest BCUT2D eigenvalue weighted by molar-refractivity contribution is -0.126. The molecule has 2 aliphatic rings. The van der Waals surface area contributed by atoms with E-state index in [1.165, 1.54) is 4.90 Å². The number of nitrogens with zero attached hydrogens (tertiary/aromatic N) is 2. The fourth-order valence-electron chi connectivity index (χ4n) is 2.45. The zero-order valence-corrected chi connectivity index (χ0v) is 10.7. The first kappa shape index (κ1) is 12.6. The third-order valence-corrected chi connectivity index (χ3v) is 3.56. The van der Waals surface area contributed by atoms with E-state index in [0.29, 0.717) is 12.2 Å². The number of fused-ring (bicyclic) bond motifs is 1. The van der Waals surface area contributed by atoms with E-state index in [9.17, 15) is 14.4 Å². The highest BCUT2D eigenvalue weighted by molar-refractivity contribution is 6.22. The first-order valence-electron chi connectivity index (χ1n) is 6.32. The van der Waals surface area contributed by atoms with Crippen molar-refractivity contribution in [2.75, 3.05) is 18.0 Å². The minimum atomic E-state index is -0.602. The van der Waals surface area contributed by atoms with Gasteiger partial charge in [-0.2, -0.15) is 0 Å². The summed E-state index contributed by atoms with van der Waals surface area (Å²) in [7, 11) is 0. The van der Waals surface area contributed by atoms with Crippen LogP contribution in [0, 0.1) is 0 Å². The fraction of sp³-hybridized carbons (Fsp3) is 0.308. The van der Waals surface area contributed by atoms with Gasteiger partial charge in [0.2, 0.25) is 5.91 Å². The van der Waals surface area contributed by atoms with Crippen LogP contribution in [0.25, 0.3) is 0 Å². The van der Waals surface area contributed by atoms with Crippen molar-refractivity contribution in [3.8, 4) is 0 Å². The van der Waals surface area contributed by atoms with E-state index in [0.717, 1.165) is 10.5 Å². The molecule has 4 amide bonds. The molecule has 0 saturated carbocycles. The second-order valence-corrected chi connectivity index (χ2v) is 4.77. The predicted molar refractivity (Wildman–Crippen MR) is 70.7 cm³/mol. The highest BCUT2D eigenvalue weighted by atomic mass is 16.2. The monoisotopic (exact) mass is 274 g/mol. The molecule has 1 aromatic rings. The van der Waals surface area contributed by atoms with E-state index in [1.54, 1.807) is 24.3 Å². The van der Waals surface area contributed by atoms with Crippen molar-refractivity contribution in [1.29, 1.82) is 0 Å². The molecule has 3 N–H and O–H groups in total. The number of imide groups is 1. The highest BCUT2D eigenvalue weighted by Crippen LogP contribution is 2.26. The lowest BCUT2D eigenvalue weighted by Crippen LogP contribution is -2.54. The van der Waals surface area contributed by atoms with Crippen molar-refractivity contribution in [3.63, 3.8) is 0 Å². The summed E-state index contributed by atoms with van der Waals surface area (Å²) in [6.45, 7) is 0.489. The topological polar surface area (TPSA) is 95.7 Å². The van der Waals surface area contributed by atoms with Crippen LogP contribution in [0.15, 0.2) is 24.3 Å². The van der Waals surface area contributed by atoms with E-state index in [4.69, 9.17) is 5.73 Å². The Hall–Kier alpha value is -2.41. The van der Waals surface area contributed by atoms with Crippen molar-refractivity contribution >= 4 is 23.5 Å². The molecule has 0 aliphatic carbocycles. The molecule has 3 rings (SSSR count). The molecule has 1 aromatic carbocycles. The number of amides is 4. The van der Waals surface area contributed by atoms with Gasteiger partial charge in [-0.3, -0.25) is 9.59 Å². The lowest BCUT2D eigenvalue weighted by Gasteiger charge is -2.26. The third kappa shape index (κ3) is 1.83. The van der Waals surface area contributed by atoms with Gasteiger partial charge in [-0.1, -0.05) is 12.1 Å². The Morgan fingerprint density at radius 3 is 2.55 bits per heavy atom. The number of hydrogen-bond donors (Lipinski definition) is 2. The normalized spacial score (nSPS) is 22.1. The largest absolute Gasteiger partial charge is 0.352 e. The summed E-state index contributed by atoms with van der Waals surface area (Å²) in [5.41, 5.74) is 6.94. The molecule has 1 atom stereocenters. The van der Waals surface area contributed by atoms with Gasteiger partial charge in [-0.25, -0.2) is 9.69 Å². The SMILES string of the molecule is NCc1ccc(N2C(=O)C3CNC(=O)CN3C2=O)cc1. The van der Waals surface area contributed by atoms with Crippen molar-refractivity contribution in [2.45, 2.75) is 12.6 Å². The van der Waals surface area contributed by atoms with E-state index >= 15 is 0 Å². The second-order valence-electron chi connectivity index (χ2n) is 4.77. The maximum absolute atomic E-state index is 12.3. The smallest absolute Gasteiger partial charge is 0.332 e. The summed E-state index contributed by atoms with van der Waals surface area (Å²) in [6.07, 6.45) is 0. The molecule has 0 aromatic heterocycles. The molecular weight excluding hydrogens is 260 g/mol. The van der Waals surface area contributed by atoms with Gasteiger partial charge < -0.3 is 16.0 Å². The zero-order chi connectivity index (χ0) is 14.3. The maximum atomic E-state index is 12.3. The van der Waals surface area contributed by atoms with Crippen LogP contribution in [0.3, 0.4) is 0 Å². The molecule has 0 bridgehead atoms. The maximum Gasteiger partial charge on any atom is 0.332 e. The number of anilines is 1. The lowest BCUT2D eigenvalue weighted by atomic mass is 10.2. The molecule has 7 nitrogen and oxygen atoms in total. The Morgan fingerprint density at radius 1 is 1.20 bits per heavy atom. The molecule has 2 aliphatic heterocycles. The molecule has 2 fully saturated rings. The van der Waals surface area contributed by atoms with Crippen LogP contribution in [0.5, 0.6) is 0 Å². The van der Waals surface area contributed by atoms with Crippen molar-refractivity contribution in [1.82, 2.24) is 10.2 Å². The van der Waals surface area contributed by atoms with Crippen LogP contribution in [0.1, 0.15) is 5.56 Å². The van der Waals surface area contributed by atoms with E-state index in [2.05, 4.69) is 5.32 Å². The average Bonchev–Trinajstić information content (AvgIpc) is 2.71. The van der Waals surface area contributed by atoms with Crippen LogP contribution >= 0.6 is 0 Å². The molecule has 0 radical (unpaired) electrons. The highest BCUT2D eigenvalue weighted by Gasteiger charge is 2.48. The summed E-state index contributed by atoms with van der Waals surface area (Å²) in [6, 6.07) is 5.87. The molecule has 1 unspecified atom stereocenters. The van der Waals surface area contributed by atoms with Crippen LogP contribution in [0.2, 0.25) is 0 Å². The molecular formula is C13H14N4O3. The average molecular weight is 274 g/mol. The van der Waals surface area contributed by atoms with Gasteiger partial charge in [0.1, 0.15) is 12.6 Å². The first-order chi connectivity index (χ1) is 9.61. The number of hydrogen-bond acceptors (Lipinski definition) is 4. The fourth-order valence-corrected chi connectivity index (χ4v) is 2.45. The summed E-state index contributed by atoms with van der Waals surface area (Å²) in [5.74, 6) is -0.557. The molecule has 104 valence electrons. The van der Waals surface area contributed by atoms with Crippen molar-refractivity contribution < 1.29 is 14.4 Å². The number of rotatable bonds is 2. The number of carbonyl (C=O) groups excluding carboxylic acids is 3. The Morgan fingerprint density at radius 2 is 1.90 bits per heavy atom. The molecule has 2 heterocycles. The van der Waals surface area contributed by atoms with Gasteiger partial charge in [0, 0.05) is 13.1 Å². The number of urea groups is 1. The van der Waals surface area contributed by atoms with E-state index in [1.807, 2.05) is 0 Å². The van der Waals surface area contributed by atoms with Gasteiger partial charge in [-0.15, -0.1) is 0 Å². The van der Waals surface area contributed by atoms with E-state index in [-0.39, 0.29) is 24.9 Å². The van der Waals surface area contributed by atoms with Crippen LogP contribution in [0.4, 0.5) is 10.5 Å². The van der Waals surface area contributed by atoms with Gasteiger partial charge >= 0.3 is 6.03 Å². The Balaban J connectivity index is 1.91. The molecule has 2 saturated heterocycles. The second kappa shape index (κ2) is 4.61. The molecule has 0 spiro atoms. The number of nitrogens with one attached hydrogen (secondary N) is 1. The molecule has 20 heavy (non-hydrogen) atoms. The van der Waals surface area contributed by atoms with Crippen molar-refractivity contribution in [3.05, 3.63) is 29.8 Å². The minimum Gasteiger partial charge on any atom is -0.352 e. The zero-order valence-electron chi connectivity index (χ0n) is 10.7. The molecule has 7 heteroatoms. The van der Waals surface area contributed by atoms with Gasteiger partial charge in [-0.05, 0) is 17.7 Å². The van der Waals surface area contributed by atoms with Crippen LogP contribution in [-0.2, 0) is 16.1 Å². The summed E-state index contributed by atoms with van der Waals surface area (Å²) >= 11 is 0.